The van der Waals surface area contributed by atoms with Crippen LogP contribution in [0.3, 0.4) is 0 Å². The summed E-state index contributed by atoms with van der Waals surface area (Å²) in [5.74, 6) is -0.891. The second kappa shape index (κ2) is 11.2. The first-order chi connectivity index (χ1) is 17.0. The average molecular weight is 486 g/mol. The highest BCUT2D eigenvalue weighted by Gasteiger charge is 2.13. The van der Waals surface area contributed by atoms with E-state index in [9.17, 15) is 14.4 Å². The predicted molar refractivity (Wildman–Crippen MR) is 136 cm³/mol. The molecule has 1 heterocycles. The Morgan fingerprint density at radius 1 is 0.914 bits per heavy atom. The maximum absolute atomic E-state index is 13.1. The smallest absolute Gasteiger partial charge is 0.337 e. The van der Waals surface area contributed by atoms with Gasteiger partial charge in [-0.1, -0.05) is 72.0 Å². The molecule has 0 fully saturated rings. The van der Waals surface area contributed by atoms with Gasteiger partial charge in [-0.2, -0.15) is 0 Å². The normalized spacial score (nSPS) is 11.2. The third-order valence-electron chi connectivity index (χ3n) is 5.16. The molecular weight excluding hydrogens is 462 g/mol. The summed E-state index contributed by atoms with van der Waals surface area (Å²) in [6.07, 6.45) is 0. The number of methoxy groups -OCH3 is 1. The Hall–Kier alpha value is -4.30. The second-order valence-electron chi connectivity index (χ2n) is 7.63. The van der Waals surface area contributed by atoms with Crippen LogP contribution in [0, 0.1) is 0 Å². The molecule has 0 saturated heterocycles. The molecule has 35 heavy (non-hydrogen) atoms. The molecule has 8 heteroatoms. The van der Waals surface area contributed by atoms with Crippen molar-refractivity contribution < 1.29 is 14.3 Å². The van der Waals surface area contributed by atoms with E-state index in [1.54, 1.807) is 28.8 Å². The molecule has 176 valence electrons. The summed E-state index contributed by atoms with van der Waals surface area (Å²) < 4.78 is 6.26. The number of ether oxygens (including phenoxy) is 1. The molecule has 0 unspecified atom stereocenters. The van der Waals surface area contributed by atoms with Crippen LogP contribution in [0.5, 0.6) is 0 Å². The predicted octanol–water partition coefficient (Wildman–Crippen LogP) is 4.10. The molecule has 0 aliphatic carbocycles. The first-order valence-electron chi connectivity index (χ1n) is 10.9. The highest BCUT2D eigenvalue weighted by Crippen LogP contribution is 2.13. The number of hydrogen-bond acceptors (Lipinski definition) is 6. The fraction of sp³-hybridized carbons (Fsp3) is 0.111. The number of rotatable bonds is 7. The van der Waals surface area contributed by atoms with E-state index in [0.717, 1.165) is 22.5 Å². The number of carbonyl (C=O) groups is 2. The van der Waals surface area contributed by atoms with Crippen molar-refractivity contribution in [3.8, 4) is 0 Å². The molecule has 4 aromatic rings. The number of benzene rings is 3. The van der Waals surface area contributed by atoms with Crippen molar-refractivity contribution in [1.29, 1.82) is 0 Å². The molecule has 0 saturated carbocycles. The van der Waals surface area contributed by atoms with Gasteiger partial charge >= 0.3 is 5.97 Å². The maximum Gasteiger partial charge on any atom is 0.337 e. The SMILES string of the molecule is COC(=O)c1ccc(NC(=O)c2cc(=O)n(Cc3ccccc3)c(=NCc3ccccc3)s2)cc1. The number of anilines is 1. The van der Waals surface area contributed by atoms with E-state index < -0.39 is 11.9 Å². The van der Waals surface area contributed by atoms with Gasteiger partial charge in [-0.15, -0.1) is 0 Å². The van der Waals surface area contributed by atoms with Crippen LogP contribution in [0.1, 0.15) is 31.2 Å². The van der Waals surface area contributed by atoms with E-state index in [-0.39, 0.29) is 10.4 Å². The van der Waals surface area contributed by atoms with Crippen LogP contribution in [0.25, 0.3) is 0 Å². The first-order valence-corrected chi connectivity index (χ1v) is 11.7. The number of carbonyl (C=O) groups excluding carboxylic acids is 2. The molecule has 1 aromatic heterocycles. The van der Waals surface area contributed by atoms with Crippen molar-refractivity contribution in [2.45, 2.75) is 13.1 Å². The Labute approximate surface area is 206 Å². The largest absolute Gasteiger partial charge is 0.465 e. The molecule has 0 spiro atoms. The molecule has 1 amide bonds. The third-order valence-corrected chi connectivity index (χ3v) is 6.22. The van der Waals surface area contributed by atoms with Gasteiger partial charge in [0.2, 0.25) is 0 Å². The zero-order valence-corrected chi connectivity index (χ0v) is 19.8. The highest BCUT2D eigenvalue weighted by atomic mass is 32.1. The van der Waals surface area contributed by atoms with Gasteiger partial charge in [0.15, 0.2) is 4.80 Å². The van der Waals surface area contributed by atoms with Crippen LogP contribution in [-0.4, -0.2) is 23.6 Å². The molecule has 0 aliphatic rings. The lowest BCUT2D eigenvalue weighted by molar-refractivity contribution is 0.0600. The fourth-order valence-electron chi connectivity index (χ4n) is 3.35. The van der Waals surface area contributed by atoms with Gasteiger partial charge in [-0.3, -0.25) is 19.1 Å². The molecule has 0 radical (unpaired) electrons. The zero-order chi connectivity index (χ0) is 24.6. The van der Waals surface area contributed by atoms with Gasteiger partial charge in [0.25, 0.3) is 11.5 Å². The lowest BCUT2D eigenvalue weighted by Crippen LogP contribution is -2.33. The Bertz CT molecular complexity index is 1440. The standard InChI is InChI=1S/C27H23N3O4S/c1-34-26(33)21-12-14-22(15-13-21)29-25(32)23-16-24(31)30(18-20-10-6-3-7-11-20)27(35-23)28-17-19-8-4-2-5-9-19/h2-16H,17-18H2,1H3,(H,29,32). The Morgan fingerprint density at radius 2 is 1.54 bits per heavy atom. The van der Waals surface area contributed by atoms with Crippen LogP contribution < -0.4 is 15.7 Å². The summed E-state index contributed by atoms with van der Waals surface area (Å²) in [5, 5.41) is 2.77. The van der Waals surface area contributed by atoms with Gasteiger partial charge in [0.1, 0.15) is 4.88 Å². The van der Waals surface area contributed by atoms with E-state index >= 15 is 0 Å². The summed E-state index contributed by atoms with van der Waals surface area (Å²) in [6, 6.07) is 27.0. The lowest BCUT2D eigenvalue weighted by atomic mass is 10.2. The molecule has 4 rings (SSSR count). The molecule has 7 nitrogen and oxygen atoms in total. The van der Waals surface area contributed by atoms with Crippen LogP contribution in [-0.2, 0) is 17.8 Å². The van der Waals surface area contributed by atoms with Gasteiger partial charge in [0.05, 0.1) is 25.8 Å². The van der Waals surface area contributed by atoms with Crippen molar-refractivity contribution in [3.05, 3.63) is 128 Å². The molecule has 0 aliphatic heterocycles. The number of amides is 1. The molecule has 3 aromatic carbocycles. The zero-order valence-electron chi connectivity index (χ0n) is 19.0. The number of aromatic nitrogens is 1. The maximum atomic E-state index is 13.1. The fourth-order valence-corrected chi connectivity index (χ4v) is 4.24. The van der Waals surface area contributed by atoms with Gasteiger partial charge < -0.3 is 10.1 Å². The number of nitrogens with one attached hydrogen (secondary N) is 1. The van der Waals surface area contributed by atoms with Crippen molar-refractivity contribution in [2.75, 3.05) is 12.4 Å². The van der Waals surface area contributed by atoms with E-state index in [2.05, 4.69) is 15.0 Å². The van der Waals surface area contributed by atoms with Crippen LogP contribution in [0.4, 0.5) is 5.69 Å². The number of nitrogens with zero attached hydrogens (tertiary/aromatic N) is 2. The van der Waals surface area contributed by atoms with Crippen molar-refractivity contribution in [1.82, 2.24) is 4.57 Å². The monoisotopic (exact) mass is 485 g/mol. The van der Waals surface area contributed by atoms with Gasteiger partial charge in [-0.25, -0.2) is 4.79 Å². The third kappa shape index (κ3) is 6.18. The molecular formula is C27H23N3O4S. The average Bonchev–Trinajstić information content (AvgIpc) is 2.90. The summed E-state index contributed by atoms with van der Waals surface area (Å²) >= 11 is 1.15. The van der Waals surface area contributed by atoms with Crippen molar-refractivity contribution >= 4 is 28.9 Å². The summed E-state index contributed by atoms with van der Waals surface area (Å²) in [4.78, 5) is 43.0. The van der Waals surface area contributed by atoms with Crippen molar-refractivity contribution in [2.24, 2.45) is 4.99 Å². The van der Waals surface area contributed by atoms with E-state index in [1.807, 2.05) is 60.7 Å². The summed E-state index contributed by atoms with van der Waals surface area (Å²) in [7, 11) is 1.31. The van der Waals surface area contributed by atoms with Gasteiger partial charge in [0, 0.05) is 11.8 Å². The Morgan fingerprint density at radius 3 is 2.17 bits per heavy atom. The van der Waals surface area contributed by atoms with Crippen LogP contribution in [0.15, 0.2) is 101 Å². The quantitative estimate of drug-likeness (QED) is 0.399. The molecule has 0 atom stereocenters. The second-order valence-corrected chi connectivity index (χ2v) is 8.64. The van der Waals surface area contributed by atoms with E-state index in [4.69, 9.17) is 0 Å². The minimum Gasteiger partial charge on any atom is -0.465 e. The number of esters is 1. The number of hydrogen-bond donors (Lipinski definition) is 1. The Kier molecular flexibility index (Phi) is 7.64. The Balaban J connectivity index is 1.65. The van der Waals surface area contributed by atoms with Crippen molar-refractivity contribution in [3.63, 3.8) is 0 Å². The minimum absolute atomic E-state index is 0.239. The first kappa shape index (κ1) is 23.8. The molecule has 0 bridgehead atoms. The van der Waals surface area contributed by atoms with E-state index in [1.165, 1.54) is 13.2 Å². The van der Waals surface area contributed by atoms with Gasteiger partial charge in [-0.05, 0) is 35.4 Å². The summed E-state index contributed by atoms with van der Waals surface area (Å²) in [6.45, 7) is 0.728. The molecule has 1 N–H and O–H groups in total. The summed E-state index contributed by atoms with van der Waals surface area (Å²) in [5.41, 5.74) is 2.51. The van der Waals surface area contributed by atoms with E-state index in [0.29, 0.717) is 29.1 Å². The van der Waals surface area contributed by atoms with Crippen LogP contribution >= 0.6 is 11.3 Å². The van der Waals surface area contributed by atoms with Crippen LogP contribution in [0.2, 0.25) is 0 Å². The lowest BCUT2D eigenvalue weighted by Gasteiger charge is -2.09. The topological polar surface area (TPSA) is 89.8 Å². The minimum atomic E-state index is -0.461. The highest BCUT2D eigenvalue weighted by molar-refractivity contribution is 7.11.